The van der Waals surface area contributed by atoms with Crippen LogP contribution < -0.4 is 15.3 Å². The van der Waals surface area contributed by atoms with Crippen molar-refractivity contribution in [1.82, 2.24) is 19.6 Å². The van der Waals surface area contributed by atoms with Crippen molar-refractivity contribution in [3.05, 3.63) is 0 Å². The summed E-state index contributed by atoms with van der Waals surface area (Å²) in [5, 5.41) is 42.7. The molecule has 1 N–H and O–H groups in total. The van der Waals surface area contributed by atoms with E-state index in [0.29, 0.717) is 65.3 Å². The smallest absolute Gasteiger partial charge is 0.549 e. The Hall–Kier alpha value is -0.465. The van der Waals surface area contributed by atoms with Crippen molar-refractivity contribution in [2.24, 2.45) is 0 Å². The van der Waals surface area contributed by atoms with Crippen molar-refractivity contribution in [2.75, 3.05) is 78.5 Å². The second-order valence-corrected chi connectivity index (χ2v) is 7.42. The molecular weight excluding hydrogens is 541 g/mol. The minimum Gasteiger partial charge on any atom is -0.549 e. The first-order chi connectivity index (χ1) is 13.7. The standard InChI is InChI=1S/C18H34N4O7.Gd/c1-15(23)2-3-19-4-6-20(12-16(24)25)8-10-22(14-18(28)29)11-9-21(7-5-19)13-17(26)27;/h15,23H,2-14H2,1H3,(H,24,25)(H,26,27)(H,28,29);/q;+3/p-3. The Bertz CT molecular complexity index is 507. The van der Waals surface area contributed by atoms with Gasteiger partial charge in [-0.05, 0) is 13.3 Å². The zero-order valence-corrected chi connectivity index (χ0v) is 19.6. The van der Waals surface area contributed by atoms with Crippen molar-refractivity contribution in [3.63, 3.8) is 0 Å². The van der Waals surface area contributed by atoms with E-state index in [1.54, 1.807) is 21.6 Å². The molecule has 173 valence electrons. The third-order valence-corrected chi connectivity index (χ3v) is 4.85. The van der Waals surface area contributed by atoms with Crippen LogP contribution in [0.1, 0.15) is 13.3 Å². The van der Waals surface area contributed by atoms with Crippen LogP contribution in [0.4, 0.5) is 0 Å². The molecule has 0 spiro atoms. The van der Waals surface area contributed by atoms with Crippen LogP contribution in [0, 0.1) is 39.9 Å². The molecule has 1 atom stereocenters. The second kappa shape index (κ2) is 16.2. The summed E-state index contributed by atoms with van der Waals surface area (Å²) in [5.74, 6) is -3.67. The third kappa shape index (κ3) is 14.5. The van der Waals surface area contributed by atoms with Crippen LogP contribution in [0.3, 0.4) is 0 Å². The predicted octanol–water partition coefficient (Wildman–Crippen LogP) is -5.77. The van der Waals surface area contributed by atoms with Crippen LogP contribution in [-0.4, -0.2) is 127 Å². The molecule has 1 heterocycles. The van der Waals surface area contributed by atoms with Gasteiger partial charge >= 0.3 is 39.9 Å². The summed E-state index contributed by atoms with van der Waals surface area (Å²) in [4.78, 5) is 40.2. The Kier molecular flexibility index (Phi) is 16.0. The molecule has 0 bridgehead atoms. The monoisotopic (exact) mass is 573 g/mol. The molecule has 0 amide bonds. The van der Waals surface area contributed by atoms with Crippen molar-refractivity contribution in [3.8, 4) is 0 Å². The normalized spacial score (nSPS) is 19.8. The first-order valence-corrected chi connectivity index (χ1v) is 9.82. The van der Waals surface area contributed by atoms with E-state index in [4.69, 9.17) is 0 Å². The van der Waals surface area contributed by atoms with Crippen LogP contribution in [0.5, 0.6) is 0 Å². The van der Waals surface area contributed by atoms with E-state index in [2.05, 4.69) is 4.90 Å². The van der Waals surface area contributed by atoms with E-state index in [-0.39, 0.29) is 59.6 Å². The minimum atomic E-state index is -1.25. The molecule has 1 rings (SSSR count). The fourth-order valence-electron chi connectivity index (χ4n) is 3.19. The average Bonchev–Trinajstić information content (AvgIpc) is 2.59. The maximum absolute atomic E-state index is 11.1. The van der Waals surface area contributed by atoms with Crippen molar-refractivity contribution in [1.29, 1.82) is 0 Å². The van der Waals surface area contributed by atoms with E-state index < -0.39 is 24.0 Å². The Morgan fingerprint density at radius 2 is 0.967 bits per heavy atom. The molecule has 1 aliphatic heterocycles. The number of carboxylic acid groups (broad SMARTS) is 3. The van der Waals surface area contributed by atoms with Gasteiger partial charge in [0.15, 0.2) is 0 Å². The number of aliphatic carboxylic acids is 3. The van der Waals surface area contributed by atoms with Gasteiger partial charge in [-0.3, -0.25) is 14.7 Å². The van der Waals surface area contributed by atoms with Gasteiger partial charge in [0.05, 0.1) is 24.0 Å². The van der Waals surface area contributed by atoms with Crippen LogP contribution in [0.25, 0.3) is 0 Å². The average molecular weight is 573 g/mol. The first kappa shape index (κ1) is 29.5. The van der Waals surface area contributed by atoms with Gasteiger partial charge in [-0.15, -0.1) is 0 Å². The van der Waals surface area contributed by atoms with Gasteiger partial charge in [-0.25, -0.2) is 0 Å². The molecule has 0 aromatic carbocycles. The molecule has 0 aromatic rings. The molecule has 0 aromatic heterocycles. The summed E-state index contributed by atoms with van der Waals surface area (Å²) in [7, 11) is 0. The number of rotatable bonds is 9. The Morgan fingerprint density at radius 3 is 1.20 bits per heavy atom. The Labute approximate surface area is 209 Å². The maximum atomic E-state index is 11.1. The van der Waals surface area contributed by atoms with Gasteiger partial charge < -0.3 is 39.7 Å². The summed E-state index contributed by atoms with van der Waals surface area (Å²) >= 11 is 0. The summed E-state index contributed by atoms with van der Waals surface area (Å²) < 4.78 is 0. The van der Waals surface area contributed by atoms with Crippen LogP contribution in [0.2, 0.25) is 0 Å². The quantitative estimate of drug-likeness (QED) is 0.281. The number of carbonyl (C=O) groups excluding carboxylic acids is 3. The summed E-state index contributed by atoms with van der Waals surface area (Å²) in [5.41, 5.74) is 0. The topological polar surface area (TPSA) is 154 Å². The molecule has 0 saturated carbocycles. The van der Waals surface area contributed by atoms with E-state index in [1.165, 1.54) is 0 Å². The molecular formula is C18H31GdN4O7. The van der Waals surface area contributed by atoms with Crippen LogP contribution in [0.15, 0.2) is 0 Å². The summed E-state index contributed by atoms with van der Waals surface area (Å²) in [6.07, 6.45) is 0.0635. The molecule has 1 radical (unpaired) electrons. The Morgan fingerprint density at radius 1 is 0.700 bits per heavy atom. The molecule has 1 fully saturated rings. The van der Waals surface area contributed by atoms with Crippen LogP contribution >= 0.6 is 0 Å². The van der Waals surface area contributed by atoms with E-state index >= 15 is 0 Å². The van der Waals surface area contributed by atoms with Gasteiger partial charge in [0, 0.05) is 78.5 Å². The molecule has 11 nitrogen and oxygen atoms in total. The van der Waals surface area contributed by atoms with Crippen molar-refractivity contribution in [2.45, 2.75) is 19.4 Å². The first-order valence-electron chi connectivity index (χ1n) is 9.82. The molecule has 1 unspecified atom stereocenters. The van der Waals surface area contributed by atoms with E-state index in [0.717, 1.165) is 0 Å². The molecule has 1 saturated heterocycles. The maximum Gasteiger partial charge on any atom is 3.00 e. The molecule has 1 aliphatic rings. The predicted molar refractivity (Wildman–Crippen MR) is 97.1 cm³/mol. The van der Waals surface area contributed by atoms with Gasteiger partial charge in [0.1, 0.15) is 0 Å². The summed E-state index contributed by atoms with van der Waals surface area (Å²) in [6, 6.07) is 0. The summed E-state index contributed by atoms with van der Waals surface area (Å²) in [6.45, 7) is 4.58. The van der Waals surface area contributed by atoms with Gasteiger partial charge in [-0.2, -0.15) is 0 Å². The fraction of sp³-hybridized carbons (Fsp3) is 0.833. The largest absolute Gasteiger partial charge is 3.00 e. The number of carbonyl (C=O) groups is 3. The van der Waals surface area contributed by atoms with Gasteiger partial charge in [0.25, 0.3) is 0 Å². The molecule has 30 heavy (non-hydrogen) atoms. The third-order valence-electron chi connectivity index (χ3n) is 4.85. The van der Waals surface area contributed by atoms with Gasteiger partial charge in [0.2, 0.25) is 0 Å². The van der Waals surface area contributed by atoms with Crippen molar-refractivity contribution < 1.29 is 74.8 Å². The van der Waals surface area contributed by atoms with E-state index in [1.807, 2.05) is 0 Å². The Balaban J connectivity index is 0.00000841. The number of nitrogens with zero attached hydrogens (tertiary/aromatic N) is 4. The SMILES string of the molecule is CC(O)CCN1CCN(CC(=O)[O-])CCN(CC(=O)[O-])CCN(CC(=O)[O-])CC1.[Gd+3]. The number of hydrogen-bond donors (Lipinski definition) is 1. The number of aliphatic hydroxyl groups is 1. The number of hydrogen-bond acceptors (Lipinski definition) is 11. The number of aliphatic hydroxyl groups excluding tert-OH is 1. The molecule has 0 aliphatic carbocycles. The zero-order chi connectivity index (χ0) is 21.8. The minimum absolute atomic E-state index is 0. The second-order valence-electron chi connectivity index (χ2n) is 7.42. The van der Waals surface area contributed by atoms with Gasteiger partial charge in [-0.1, -0.05) is 0 Å². The van der Waals surface area contributed by atoms with Crippen LogP contribution in [-0.2, 0) is 14.4 Å². The number of carboxylic acids is 3. The molecule has 12 heteroatoms. The zero-order valence-electron chi connectivity index (χ0n) is 17.3. The fourth-order valence-corrected chi connectivity index (χ4v) is 3.19. The van der Waals surface area contributed by atoms with Crippen molar-refractivity contribution >= 4 is 17.9 Å². The van der Waals surface area contributed by atoms with E-state index in [9.17, 15) is 34.8 Å².